The molecule has 0 aliphatic heterocycles. The van der Waals surface area contributed by atoms with E-state index in [4.69, 9.17) is 4.74 Å². The summed E-state index contributed by atoms with van der Waals surface area (Å²) in [6.07, 6.45) is 3.38. The quantitative estimate of drug-likeness (QED) is 0.745. The van der Waals surface area contributed by atoms with Crippen molar-refractivity contribution in [1.29, 1.82) is 0 Å². The minimum absolute atomic E-state index is 0.214. The van der Waals surface area contributed by atoms with Gasteiger partial charge in [-0.25, -0.2) is 0 Å². The Hall–Kier alpha value is -1.77. The maximum absolute atomic E-state index is 10.4. The number of rotatable bonds is 3. The van der Waals surface area contributed by atoms with Gasteiger partial charge in [0.15, 0.2) is 0 Å². The second kappa shape index (κ2) is 5.07. The van der Waals surface area contributed by atoms with Gasteiger partial charge < -0.3 is 9.84 Å². The van der Waals surface area contributed by atoms with Gasteiger partial charge in [0.25, 0.3) is 0 Å². The van der Waals surface area contributed by atoms with Crippen molar-refractivity contribution in [3.63, 3.8) is 0 Å². The standard InChI is InChI=1S/C11H12O3/c1-9(12)14-8-4-6-10-5-2-3-7-11(10)13/h2-7,13H,8H2,1H3/b6-4+. The van der Waals surface area contributed by atoms with Crippen molar-refractivity contribution in [2.45, 2.75) is 6.92 Å². The number of carbonyl (C=O) groups is 1. The molecule has 3 heteroatoms. The summed E-state index contributed by atoms with van der Waals surface area (Å²) in [5.41, 5.74) is 0.708. The van der Waals surface area contributed by atoms with E-state index in [1.54, 1.807) is 30.4 Å². The monoisotopic (exact) mass is 192 g/mol. The Bertz CT molecular complexity index is 342. The SMILES string of the molecule is CC(=O)OC/C=C/c1ccccc1O. The molecule has 0 radical (unpaired) electrons. The number of esters is 1. The molecule has 0 spiro atoms. The zero-order chi connectivity index (χ0) is 10.4. The van der Waals surface area contributed by atoms with E-state index in [1.807, 2.05) is 6.07 Å². The number of hydrogen-bond acceptors (Lipinski definition) is 3. The molecule has 0 aliphatic rings. The molecule has 0 fully saturated rings. The van der Waals surface area contributed by atoms with Crippen LogP contribution in [0.4, 0.5) is 0 Å². The van der Waals surface area contributed by atoms with Gasteiger partial charge in [0, 0.05) is 12.5 Å². The van der Waals surface area contributed by atoms with Crippen molar-refractivity contribution in [2.75, 3.05) is 6.61 Å². The van der Waals surface area contributed by atoms with Crippen molar-refractivity contribution in [1.82, 2.24) is 0 Å². The van der Waals surface area contributed by atoms with Crippen LogP contribution in [0.5, 0.6) is 5.75 Å². The van der Waals surface area contributed by atoms with E-state index in [2.05, 4.69) is 0 Å². The Morgan fingerprint density at radius 3 is 2.86 bits per heavy atom. The number of carbonyl (C=O) groups excluding carboxylic acids is 1. The van der Waals surface area contributed by atoms with Gasteiger partial charge in [0.2, 0.25) is 0 Å². The zero-order valence-corrected chi connectivity index (χ0v) is 7.93. The van der Waals surface area contributed by atoms with E-state index in [0.717, 1.165) is 0 Å². The van der Waals surface area contributed by atoms with E-state index >= 15 is 0 Å². The molecule has 0 atom stereocenters. The van der Waals surface area contributed by atoms with Gasteiger partial charge in [0.05, 0.1) is 0 Å². The van der Waals surface area contributed by atoms with Crippen LogP contribution >= 0.6 is 0 Å². The van der Waals surface area contributed by atoms with Crippen molar-refractivity contribution in [3.8, 4) is 5.75 Å². The van der Waals surface area contributed by atoms with Gasteiger partial charge in [-0.3, -0.25) is 4.79 Å². The molecular formula is C11H12O3. The zero-order valence-electron chi connectivity index (χ0n) is 7.93. The van der Waals surface area contributed by atoms with E-state index in [9.17, 15) is 9.90 Å². The maximum Gasteiger partial charge on any atom is 0.302 e. The Labute approximate surface area is 82.6 Å². The van der Waals surface area contributed by atoms with E-state index in [1.165, 1.54) is 6.92 Å². The minimum atomic E-state index is -0.313. The highest BCUT2D eigenvalue weighted by Crippen LogP contribution is 2.16. The molecule has 0 heterocycles. The van der Waals surface area contributed by atoms with Crippen molar-refractivity contribution in [2.24, 2.45) is 0 Å². The lowest BCUT2D eigenvalue weighted by atomic mass is 10.2. The molecule has 0 amide bonds. The van der Waals surface area contributed by atoms with E-state index < -0.39 is 0 Å². The second-order valence-electron chi connectivity index (χ2n) is 2.76. The van der Waals surface area contributed by atoms with Gasteiger partial charge in [-0.2, -0.15) is 0 Å². The van der Waals surface area contributed by atoms with Gasteiger partial charge in [-0.05, 0) is 12.1 Å². The third-order valence-electron chi connectivity index (χ3n) is 1.62. The molecule has 1 aromatic carbocycles. The third-order valence-corrected chi connectivity index (χ3v) is 1.62. The first-order valence-corrected chi connectivity index (χ1v) is 4.28. The molecule has 0 aromatic heterocycles. The largest absolute Gasteiger partial charge is 0.507 e. The van der Waals surface area contributed by atoms with E-state index in [0.29, 0.717) is 5.56 Å². The number of ether oxygens (including phenoxy) is 1. The highest BCUT2D eigenvalue weighted by molar-refractivity contribution is 5.66. The number of benzene rings is 1. The van der Waals surface area contributed by atoms with Gasteiger partial charge in [-0.15, -0.1) is 0 Å². The van der Waals surface area contributed by atoms with Crippen LogP contribution in [0.2, 0.25) is 0 Å². The summed E-state index contributed by atoms with van der Waals surface area (Å²) in [5.74, 6) is -0.0986. The smallest absolute Gasteiger partial charge is 0.302 e. The minimum Gasteiger partial charge on any atom is -0.507 e. The number of aromatic hydroxyl groups is 1. The number of phenols is 1. The molecule has 0 saturated heterocycles. The van der Waals surface area contributed by atoms with Crippen LogP contribution < -0.4 is 0 Å². The lowest BCUT2D eigenvalue weighted by Gasteiger charge is -1.97. The summed E-state index contributed by atoms with van der Waals surface area (Å²) >= 11 is 0. The molecule has 3 nitrogen and oxygen atoms in total. The van der Waals surface area contributed by atoms with Crippen LogP contribution in [0.25, 0.3) is 6.08 Å². The molecule has 0 saturated carbocycles. The van der Waals surface area contributed by atoms with Gasteiger partial charge in [0.1, 0.15) is 12.4 Å². The summed E-state index contributed by atoms with van der Waals surface area (Å²) in [7, 11) is 0. The Morgan fingerprint density at radius 2 is 2.21 bits per heavy atom. The first kappa shape index (κ1) is 10.3. The molecule has 74 valence electrons. The van der Waals surface area contributed by atoms with Crippen LogP contribution in [0.15, 0.2) is 30.3 Å². The van der Waals surface area contributed by atoms with Crippen molar-refractivity contribution >= 4 is 12.0 Å². The van der Waals surface area contributed by atoms with Crippen molar-refractivity contribution in [3.05, 3.63) is 35.9 Å². The van der Waals surface area contributed by atoms with E-state index in [-0.39, 0.29) is 18.3 Å². The molecule has 0 aliphatic carbocycles. The summed E-state index contributed by atoms with van der Waals surface area (Å²) < 4.78 is 4.70. The van der Waals surface area contributed by atoms with Crippen molar-refractivity contribution < 1.29 is 14.6 Å². The topological polar surface area (TPSA) is 46.5 Å². The Kier molecular flexibility index (Phi) is 3.73. The molecule has 1 aromatic rings. The predicted octanol–water partition coefficient (Wildman–Crippen LogP) is 1.97. The first-order chi connectivity index (χ1) is 6.70. The summed E-state index contributed by atoms with van der Waals surface area (Å²) in [6, 6.07) is 6.95. The predicted molar refractivity (Wildman–Crippen MR) is 53.8 cm³/mol. The molecular weight excluding hydrogens is 180 g/mol. The fourth-order valence-electron chi connectivity index (χ4n) is 0.969. The van der Waals surface area contributed by atoms with Crippen LogP contribution in [0, 0.1) is 0 Å². The molecule has 0 bridgehead atoms. The fraction of sp³-hybridized carbons (Fsp3) is 0.182. The number of para-hydroxylation sites is 1. The van der Waals surface area contributed by atoms with Crippen LogP contribution in [0.1, 0.15) is 12.5 Å². The summed E-state index contributed by atoms with van der Waals surface area (Å²) in [4.78, 5) is 10.4. The van der Waals surface area contributed by atoms with Gasteiger partial charge >= 0.3 is 5.97 Å². The fourth-order valence-corrected chi connectivity index (χ4v) is 0.969. The van der Waals surface area contributed by atoms with Crippen LogP contribution in [0.3, 0.4) is 0 Å². The normalized spacial score (nSPS) is 10.4. The van der Waals surface area contributed by atoms with Gasteiger partial charge in [-0.1, -0.05) is 24.3 Å². The van der Waals surface area contributed by atoms with Crippen LogP contribution in [-0.4, -0.2) is 17.7 Å². The molecule has 14 heavy (non-hydrogen) atoms. The lowest BCUT2D eigenvalue weighted by molar-refractivity contribution is -0.139. The number of hydrogen-bond donors (Lipinski definition) is 1. The lowest BCUT2D eigenvalue weighted by Crippen LogP contribution is -1.97. The molecule has 1 N–H and O–H groups in total. The average Bonchev–Trinajstić information content (AvgIpc) is 2.15. The molecule has 1 rings (SSSR count). The Morgan fingerprint density at radius 1 is 1.50 bits per heavy atom. The highest BCUT2D eigenvalue weighted by atomic mass is 16.5. The average molecular weight is 192 g/mol. The molecule has 0 unspecified atom stereocenters. The summed E-state index contributed by atoms with van der Waals surface area (Å²) in [5, 5.41) is 9.36. The maximum atomic E-state index is 10.4. The number of phenolic OH excluding ortho intramolecular Hbond substituents is 1. The second-order valence-corrected chi connectivity index (χ2v) is 2.76. The Balaban J connectivity index is 2.52. The first-order valence-electron chi connectivity index (χ1n) is 4.28. The highest BCUT2D eigenvalue weighted by Gasteiger charge is 1.93. The summed E-state index contributed by atoms with van der Waals surface area (Å²) in [6.45, 7) is 1.58. The van der Waals surface area contributed by atoms with Crippen LogP contribution in [-0.2, 0) is 9.53 Å². The third kappa shape index (κ3) is 3.31.